The van der Waals surface area contributed by atoms with Crippen molar-refractivity contribution in [3.8, 4) is 0 Å². The highest BCUT2D eigenvalue weighted by atomic mass is 32.2. The van der Waals surface area contributed by atoms with Gasteiger partial charge in [0.1, 0.15) is 6.33 Å². The highest BCUT2D eigenvalue weighted by molar-refractivity contribution is 8.01. The highest BCUT2D eigenvalue weighted by Crippen LogP contribution is 2.48. The Balaban J connectivity index is 1.07. The van der Waals surface area contributed by atoms with Gasteiger partial charge in [-0.15, -0.1) is 20.4 Å². The molecule has 186 valence electrons. The van der Waals surface area contributed by atoms with E-state index in [1.807, 2.05) is 48.5 Å². The normalized spacial score (nSPS) is 12.4. The van der Waals surface area contributed by atoms with Crippen molar-refractivity contribution in [1.82, 2.24) is 34.7 Å². The Kier molecular flexibility index (Phi) is 6.45. The maximum Gasteiger partial charge on any atom is 0.273 e. The molecule has 16 heteroatoms. The number of carbonyl (C=O) groups excluding carboxylic acids is 2. The van der Waals surface area contributed by atoms with Crippen molar-refractivity contribution >= 4 is 80.7 Å². The second-order valence-electron chi connectivity index (χ2n) is 7.50. The number of amides is 2. The second-order valence-corrected chi connectivity index (χ2v) is 11.7. The third-order valence-corrected chi connectivity index (χ3v) is 9.11. The van der Waals surface area contributed by atoms with Crippen molar-refractivity contribution in [2.45, 2.75) is 19.3 Å². The van der Waals surface area contributed by atoms with Gasteiger partial charge in [0.15, 0.2) is 4.34 Å². The van der Waals surface area contributed by atoms with Gasteiger partial charge in [-0.3, -0.25) is 19.8 Å². The first-order valence-electron chi connectivity index (χ1n) is 10.7. The summed E-state index contributed by atoms with van der Waals surface area (Å²) in [5.41, 5.74) is 1.73. The molecule has 1 aliphatic heterocycles. The zero-order valence-electron chi connectivity index (χ0n) is 18.7. The monoisotopic (exact) mass is 568 g/mol. The van der Waals surface area contributed by atoms with Crippen LogP contribution < -0.4 is 16.1 Å². The van der Waals surface area contributed by atoms with Crippen molar-refractivity contribution in [2.75, 3.05) is 27.6 Å². The molecule has 0 bridgehead atoms. The molecule has 12 nitrogen and oxygen atoms in total. The molecule has 0 spiro atoms. The fourth-order valence-electron chi connectivity index (χ4n) is 3.53. The number of thioether (sulfide) groups is 2. The first kappa shape index (κ1) is 23.8. The predicted octanol–water partition coefficient (Wildman–Crippen LogP) is 3.14. The Hall–Kier alpha value is -3.60. The van der Waals surface area contributed by atoms with Gasteiger partial charge in [-0.2, -0.15) is 9.61 Å². The third-order valence-electron chi connectivity index (χ3n) is 5.10. The van der Waals surface area contributed by atoms with Gasteiger partial charge in [-0.05, 0) is 24.3 Å². The van der Waals surface area contributed by atoms with Gasteiger partial charge in [0, 0.05) is 9.79 Å². The van der Waals surface area contributed by atoms with Gasteiger partial charge >= 0.3 is 0 Å². The molecule has 0 saturated carbocycles. The van der Waals surface area contributed by atoms with Crippen LogP contribution in [0.2, 0.25) is 0 Å². The number of nitrogen functional groups attached to an aromatic ring is 1. The van der Waals surface area contributed by atoms with E-state index in [4.69, 9.17) is 5.84 Å². The minimum absolute atomic E-state index is 0.0677. The number of nitrogens with one attached hydrogen (secondary N) is 1. The van der Waals surface area contributed by atoms with Crippen molar-refractivity contribution in [1.29, 1.82) is 0 Å². The smallest absolute Gasteiger partial charge is 0.273 e. The van der Waals surface area contributed by atoms with E-state index in [2.05, 4.69) is 30.8 Å². The Morgan fingerprint density at radius 3 is 2.41 bits per heavy atom. The van der Waals surface area contributed by atoms with Crippen LogP contribution in [0.1, 0.15) is 0 Å². The van der Waals surface area contributed by atoms with Crippen LogP contribution >= 0.6 is 46.6 Å². The van der Waals surface area contributed by atoms with Crippen LogP contribution in [0.4, 0.5) is 16.5 Å². The molecule has 37 heavy (non-hydrogen) atoms. The highest BCUT2D eigenvalue weighted by Gasteiger charge is 2.28. The number of hydrogen-bond donors (Lipinski definition) is 2. The van der Waals surface area contributed by atoms with E-state index < -0.39 is 0 Å². The van der Waals surface area contributed by atoms with E-state index in [0.29, 0.717) is 20.4 Å². The summed E-state index contributed by atoms with van der Waals surface area (Å²) in [7, 11) is 0. The van der Waals surface area contributed by atoms with E-state index in [9.17, 15) is 9.59 Å². The number of aromatic nitrogens is 7. The number of nitrogens with zero attached hydrogens (tertiary/aromatic N) is 8. The van der Waals surface area contributed by atoms with Gasteiger partial charge in [0.25, 0.3) is 5.78 Å². The van der Waals surface area contributed by atoms with Crippen LogP contribution in [-0.4, -0.2) is 58.0 Å². The SMILES string of the molecule is Nn1cnn2c(SCC(=O)Nc3nnc(SCC(=O)N4c5ccccc5Sc5ccccc54)s3)nnc12. The number of benzene rings is 2. The molecule has 0 saturated heterocycles. The van der Waals surface area contributed by atoms with Gasteiger partial charge < -0.3 is 5.84 Å². The van der Waals surface area contributed by atoms with Crippen molar-refractivity contribution in [2.24, 2.45) is 0 Å². The number of nitrogens with two attached hydrogens (primary N) is 1. The Bertz CT molecular complexity index is 1580. The summed E-state index contributed by atoms with van der Waals surface area (Å²) in [5, 5.41) is 23.6. The average molecular weight is 569 g/mol. The van der Waals surface area contributed by atoms with Crippen LogP contribution in [0, 0.1) is 0 Å². The first-order valence-corrected chi connectivity index (χ1v) is 14.3. The molecule has 1 aliphatic rings. The second kappa shape index (κ2) is 10.0. The van der Waals surface area contributed by atoms with E-state index >= 15 is 0 Å². The number of hydrogen-bond acceptors (Lipinski definition) is 12. The number of para-hydroxylation sites is 2. The summed E-state index contributed by atoms with van der Waals surface area (Å²) in [5.74, 6) is 5.95. The molecule has 4 heterocycles. The minimum Gasteiger partial charge on any atom is -0.335 e. The zero-order chi connectivity index (χ0) is 25.4. The van der Waals surface area contributed by atoms with Gasteiger partial charge in [0.2, 0.25) is 22.1 Å². The van der Waals surface area contributed by atoms with Crippen LogP contribution in [0.25, 0.3) is 5.78 Å². The number of fused-ring (bicyclic) bond motifs is 3. The Labute approximate surface area is 226 Å². The summed E-state index contributed by atoms with van der Waals surface area (Å²) in [6.07, 6.45) is 1.40. The summed E-state index contributed by atoms with van der Waals surface area (Å²) >= 11 is 5.31. The molecule has 2 aromatic carbocycles. The summed E-state index contributed by atoms with van der Waals surface area (Å²) in [4.78, 5) is 29.5. The van der Waals surface area contributed by atoms with E-state index in [0.717, 1.165) is 21.2 Å². The molecule has 6 rings (SSSR count). The summed E-state index contributed by atoms with van der Waals surface area (Å²) in [6, 6.07) is 15.7. The van der Waals surface area contributed by atoms with Crippen LogP contribution in [-0.2, 0) is 9.59 Å². The molecule has 0 fully saturated rings. The standard InChI is InChI=1S/C21H16N10O2S4/c22-29-11-23-31-19(29)26-27-20(31)34-9-16(32)24-18-25-28-21(37-18)35-10-17(33)30-12-5-1-3-7-14(12)36-15-8-4-2-6-13(15)30/h1-8,11H,9-10,22H2,(H,24,25,32). The lowest BCUT2D eigenvalue weighted by Crippen LogP contribution is -2.29. The van der Waals surface area contributed by atoms with Crippen molar-refractivity contribution in [3.63, 3.8) is 0 Å². The Morgan fingerprint density at radius 2 is 1.65 bits per heavy atom. The first-order chi connectivity index (χ1) is 18.1. The van der Waals surface area contributed by atoms with Crippen LogP contribution in [0.3, 0.4) is 0 Å². The number of rotatable bonds is 7. The molecule has 0 radical (unpaired) electrons. The summed E-state index contributed by atoms with van der Waals surface area (Å²) < 4.78 is 3.27. The molecule has 5 aromatic rings. The molecule has 0 aliphatic carbocycles. The average Bonchev–Trinajstić information content (AvgIpc) is 3.63. The van der Waals surface area contributed by atoms with Crippen molar-refractivity contribution in [3.05, 3.63) is 54.9 Å². The number of carbonyl (C=O) groups is 2. The fraction of sp³-hybridized carbons (Fsp3) is 0.0952. The van der Waals surface area contributed by atoms with E-state index in [1.165, 1.54) is 50.4 Å². The molecule has 0 unspecified atom stereocenters. The zero-order valence-corrected chi connectivity index (χ0v) is 22.0. The third kappa shape index (κ3) is 4.75. The maximum atomic E-state index is 13.3. The Morgan fingerprint density at radius 1 is 0.919 bits per heavy atom. The van der Waals surface area contributed by atoms with Gasteiger partial charge in [-0.1, -0.05) is 70.9 Å². The maximum absolute atomic E-state index is 13.3. The largest absolute Gasteiger partial charge is 0.335 e. The van der Waals surface area contributed by atoms with Crippen LogP contribution in [0.15, 0.2) is 74.1 Å². The van der Waals surface area contributed by atoms with Crippen LogP contribution in [0.5, 0.6) is 0 Å². The van der Waals surface area contributed by atoms with Crippen molar-refractivity contribution < 1.29 is 9.59 Å². The van der Waals surface area contributed by atoms with E-state index in [-0.39, 0.29) is 23.3 Å². The molecule has 0 atom stereocenters. The van der Waals surface area contributed by atoms with Gasteiger partial charge in [0.05, 0.1) is 22.9 Å². The molecular formula is C21H16N10O2S4. The topological polar surface area (TPSA) is 149 Å². The van der Waals surface area contributed by atoms with Gasteiger partial charge in [-0.25, -0.2) is 4.68 Å². The molecule has 3 N–H and O–H groups in total. The van der Waals surface area contributed by atoms with E-state index in [1.54, 1.807) is 16.7 Å². The fourth-order valence-corrected chi connectivity index (χ4v) is 6.89. The molecule has 2 amide bonds. The molecule has 3 aromatic heterocycles. The quantitative estimate of drug-likeness (QED) is 0.169. The summed E-state index contributed by atoms with van der Waals surface area (Å²) in [6.45, 7) is 0. The minimum atomic E-state index is -0.281. The predicted molar refractivity (Wildman–Crippen MR) is 143 cm³/mol. The number of anilines is 3. The molecular weight excluding hydrogens is 553 g/mol. The lowest BCUT2D eigenvalue weighted by Gasteiger charge is -2.30. The lowest BCUT2D eigenvalue weighted by molar-refractivity contribution is -0.115. The lowest BCUT2D eigenvalue weighted by atomic mass is 10.2.